The topological polar surface area (TPSA) is 12.0 Å². The summed E-state index contributed by atoms with van der Waals surface area (Å²) in [5.74, 6) is 0. The van der Waals surface area contributed by atoms with E-state index in [0.717, 1.165) is 17.8 Å². The lowest BCUT2D eigenvalue weighted by Crippen LogP contribution is -2.10. The molecule has 0 saturated carbocycles. The molecule has 0 aliphatic carbocycles. The monoisotopic (exact) mass is 209 g/mol. The number of benzene rings is 2. The Hall–Kier alpha value is -2.02. The van der Waals surface area contributed by atoms with Gasteiger partial charge < -0.3 is 5.32 Å². The summed E-state index contributed by atoms with van der Waals surface area (Å²) >= 11 is 0. The van der Waals surface area contributed by atoms with Crippen LogP contribution in [0.25, 0.3) is 5.70 Å². The van der Waals surface area contributed by atoms with Crippen LogP contribution in [-0.4, -0.2) is 0 Å². The molecule has 0 saturated heterocycles. The first-order chi connectivity index (χ1) is 7.86. The molecule has 0 fully saturated rings. The number of nitrogens with one attached hydrogen (secondary N) is 1. The van der Waals surface area contributed by atoms with Gasteiger partial charge in [0.15, 0.2) is 0 Å². The van der Waals surface area contributed by atoms with Crippen molar-refractivity contribution >= 4 is 5.70 Å². The van der Waals surface area contributed by atoms with Gasteiger partial charge in [-0.25, -0.2) is 0 Å². The highest BCUT2D eigenvalue weighted by atomic mass is 14.9. The highest BCUT2D eigenvalue weighted by Gasteiger charge is 1.96. The minimum atomic E-state index is 0.814. The Morgan fingerprint density at radius 3 is 2.06 bits per heavy atom. The van der Waals surface area contributed by atoms with Crippen LogP contribution < -0.4 is 5.32 Å². The Labute approximate surface area is 96.4 Å². The fourth-order valence-corrected chi connectivity index (χ4v) is 1.55. The molecule has 0 heterocycles. The van der Waals surface area contributed by atoms with Gasteiger partial charge in [-0.2, -0.15) is 0 Å². The van der Waals surface area contributed by atoms with Crippen LogP contribution in [0.5, 0.6) is 0 Å². The second kappa shape index (κ2) is 5.17. The van der Waals surface area contributed by atoms with Crippen molar-refractivity contribution in [2.75, 3.05) is 0 Å². The van der Waals surface area contributed by atoms with Crippen LogP contribution >= 0.6 is 0 Å². The van der Waals surface area contributed by atoms with Crippen molar-refractivity contribution in [3.8, 4) is 0 Å². The van der Waals surface area contributed by atoms with E-state index in [1.807, 2.05) is 36.4 Å². The summed E-state index contributed by atoms with van der Waals surface area (Å²) in [5, 5.41) is 3.32. The Kier molecular flexibility index (Phi) is 3.39. The summed E-state index contributed by atoms with van der Waals surface area (Å²) in [4.78, 5) is 0. The fourth-order valence-electron chi connectivity index (χ4n) is 1.55. The molecule has 0 aliphatic rings. The summed E-state index contributed by atoms with van der Waals surface area (Å²) in [7, 11) is 0. The van der Waals surface area contributed by atoms with E-state index in [-0.39, 0.29) is 0 Å². The smallest absolute Gasteiger partial charge is 0.0400 e. The molecule has 0 aliphatic heterocycles. The first-order valence-corrected chi connectivity index (χ1v) is 5.38. The van der Waals surface area contributed by atoms with Gasteiger partial charge in [-0.05, 0) is 11.1 Å². The number of hydrogen-bond acceptors (Lipinski definition) is 1. The van der Waals surface area contributed by atoms with Crippen molar-refractivity contribution in [2.24, 2.45) is 0 Å². The highest BCUT2D eigenvalue weighted by Crippen LogP contribution is 2.09. The van der Waals surface area contributed by atoms with Gasteiger partial charge in [0.25, 0.3) is 0 Å². The van der Waals surface area contributed by atoms with Gasteiger partial charge in [0.05, 0.1) is 0 Å². The average Bonchev–Trinajstić information content (AvgIpc) is 2.38. The van der Waals surface area contributed by atoms with E-state index in [4.69, 9.17) is 0 Å². The second-order valence-corrected chi connectivity index (χ2v) is 3.68. The molecule has 1 heteroatoms. The standard InChI is InChI=1S/C15H15N/c1-13(15-10-6-3-7-11-15)16-12-14-8-4-2-5-9-14/h2-11,16H,1,12H2. The van der Waals surface area contributed by atoms with Crippen molar-refractivity contribution < 1.29 is 0 Å². The van der Waals surface area contributed by atoms with E-state index in [1.54, 1.807) is 0 Å². The Morgan fingerprint density at radius 2 is 1.44 bits per heavy atom. The highest BCUT2D eigenvalue weighted by molar-refractivity contribution is 5.61. The van der Waals surface area contributed by atoms with E-state index in [0.29, 0.717) is 0 Å². The molecular weight excluding hydrogens is 194 g/mol. The van der Waals surface area contributed by atoms with Gasteiger partial charge in [-0.15, -0.1) is 0 Å². The molecule has 2 aromatic rings. The second-order valence-electron chi connectivity index (χ2n) is 3.68. The third-order valence-corrected chi connectivity index (χ3v) is 2.47. The van der Waals surface area contributed by atoms with E-state index in [2.05, 4.69) is 36.2 Å². The molecule has 1 N–H and O–H groups in total. The van der Waals surface area contributed by atoms with E-state index in [9.17, 15) is 0 Å². The van der Waals surface area contributed by atoms with Crippen LogP contribution in [0.4, 0.5) is 0 Å². The molecule has 0 aromatic heterocycles. The third-order valence-electron chi connectivity index (χ3n) is 2.47. The molecule has 1 nitrogen and oxygen atoms in total. The van der Waals surface area contributed by atoms with Gasteiger partial charge in [0.1, 0.15) is 0 Å². The summed E-state index contributed by atoms with van der Waals surface area (Å²) in [6, 6.07) is 20.5. The van der Waals surface area contributed by atoms with Crippen LogP contribution in [0.3, 0.4) is 0 Å². The molecule has 0 unspecified atom stereocenters. The van der Waals surface area contributed by atoms with Crippen molar-refractivity contribution in [3.05, 3.63) is 78.4 Å². The molecule has 2 rings (SSSR count). The minimum absolute atomic E-state index is 0.814. The average molecular weight is 209 g/mol. The van der Waals surface area contributed by atoms with Crippen molar-refractivity contribution in [2.45, 2.75) is 6.54 Å². The summed E-state index contributed by atoms with van der Waals surface area (Å²) in [6.07, 6.45) is 0. The predicted molar refractivity (Wildman–Crippen MR) is 68.8 cm³/mol. The summed E-state index contributed by atoms with van der Waals surface area (Å²) < 4.78 is 0. The maximum atomic E-state index is 4.03. The molecule has 2 aromatic carbocycles. The van der Waals surface area contributed by atoms with E-state index in [1.165, 1.54) is 5.56 Å². The normalized spacial score (nSPS) is 9.75. The molecular formula is C15H15N. The molecule has 0 bridgehead atoms. The molecule has 0 atom stereocenters. The zero-order chi connectivity index (χ0) is 11.2. The van der Waals surface area contributed by atoms with E-state index < -0.39 is 0 Å². The van der Waals surface area contributed by atoms with Gasteiger partial charge in [0.2, 0.25) is 0 Å². The van der Waals surface area contributed by atoms with E-state index >= 15 is 0 Å². The zero-order valence-corrected chi connectivity index (χ0v) is 9.19. The third kappa shape index (κ3) is 2.74. The number of rotatable bonds is 4. The summed E-state index contributed by atoms with van der Waals surface area (Å²) in [6.45, 7) is 4.84. The minimum Gasteiger partial charge on any atom is -0.381 e. The van der Waals surface area contributed by atoms with Crippen LogP contribution in [0, 0.1) is 0 Å². The Bertz CT molecular complexity index is 445. The summed E-state index contributed by atoms with van der Waals surface area (Å²) in [5.41, 5.74) is 3.36. The quantitative estimate of drug-likeness (QED) is 0.813. The van der Waals surface area contributed by atoms with Crippen molar-refractivity contribution in [1.82, 2.24) is 5.32 Å². The predicted octanol–water partition coefficient (Wildman–Crippen LogP) is 3.45. The first-order valence-electron chi connectivity index (χ1n) is 5.38. The van der Waals surface area contributed by atoms with Crippen molar-refractivity contribution in [1.29, 1.82) is 0 Å². The largest absolute Gasteiger partial charge is 0.381 e. The lowest BCUT2D eigenvalue weighted by atomic mass is 10.1. The fraction of sp³-hybridized carbons (Fsp3) is 0.0667. The van der Waals surface area contributed by atoms with Gasteiger partial charge in [-0.1, -0.05) is 67.2 Å². The van der Waals surface area contributed by atoms with Gasteiger partial charge >= 0.3 is 0 Å². The first kappa shape index (κ1) is 10.5. The molecule has 0 radical (unpaired) electrons. The SMILES string of the molecule is C=C(NCc1ccccc1)c1ccccc1. The van der Waals surface area contributed by atoms with Gasteiger partial charge in [-0.3, -0.25) is 0 Å². The number of hydrogen-bond donors (Lipinski definition) is 1. The van der Waals surface area contributed by atoms with Gasteiger partial charge in [0, 0.05) is 12.2 Å². The lowest BCUT2D eigenvalue weighted by molar-refractivity contribution is 0.892. The lowest BCUT2D eigenvalue weighted by Gasteiger charge is -2.09. The van der Waals surface area contributed by atoms with Crippen molar-refractivity contribution in [3.63, 3.8) is 0 Å². The molecule has 0 amide bonds. The maximum absolute atomic E-state index is 4.03. The van der Waals surface area contributed by atoms with Crippen LogP contribution in [0.15, 0.2) is 67.2 Å². The Balaban J connectivity index is 1.95. The van der Waals surface area contributed by atoms with Crippen LogP contribution in [-0.2, 0) is 6.54 Å². The zero-order valence-electron chi connectivity index (χ0n) is 9.19. The Morgan fingerprint density at radius 1 is 0.875 bits per heavy atom. The van der Waals surface area contributed by atoms with Crippen LogP contribution in [0.1, 0.15) is 11.1 Å². The molecule has 0 spiro atoms. The molecule has 16 heavy (non-hydrogen) atoms. The molecule has 80 valence electrons. The maximum Gasteiger partial charge on any atom is 0.0400 e. The van der Waals surface area contributed by atoms with Crippen LogP contribution in [0.2, 0.25) is 0 Å².